The maximum Gasteiger partial charge on any atom is 0.419 e. The zero-order valence-corrected chi connectivity index (χ0v) is 25.8. The number of aromatic nitrogens is 1. The van der Waals surface area contributed by atoms with E-state index in [0.717, 1.165) is 4.90 Å². The van der Waals surface area contributed by atoms with E-state index in [2.05, 4.69) is 10.3 Å². The van der Waals surface area contributed by atoms with Crippen molar-refractivity contribution >= 4 is 53.1 Å². The number of ether oxygens (including phenoxy) is 2. The summed E-state index contributed by atoms with van der Waals surface area (Å²) in [5.74, 6) is -3.37. The molecule has 0 radical (unpaired) electrons. The molecule has 0 aliphatic carbocycles. The number of nitrogens with zero attached hydrogens (tertiary/aromatic N) is 3. The van der Waals surface area contributed by atoms with Crippen molar-refractivity contribution < 1.29 is 46.7 Å². The standard InChI is InChI=1S/C28H27ClF4N4O7.ClH/c1-27(2,3)44-26(40)36(10-9-21-23(37(41)42)7-8-24(35-21)43-4)14-15-11-16(29)5-6-20(15)34-22-13-18(28(31,32)33)19(30)12-17(22)25(38)39;/h5-8,11-13,34H,9-10,14H2,1-4H3,(H,38,39);1H. The Bertz CT molecular complexity index is 1580. The second kappa shape index (κ2) is 14.6. The summed E-state index contributed by atoms with van der Waals surface area (Å²) >= 11 is 6.19. The number of pyridine rings is 1. The number of anilines is 2. The van der Waals surface area contributed by atoms with Crippen LogP contribution in [0.25, 0.3) is 0 Å². The monoisotopic (exact) mass is 678 g/mol. The van der Waals surface area contributed by atoms with E-state index < -0.39 is 51.4 Å². The van der Waals surface area contributed by atoms with E-state index >= 15 is 0 Å². The number of carboxylic acids is 1. The van der Waals surface area contributed by atoms with Crippen LogP contribution in [0.1, 0.15) is 48.0 Å². The summed E-state index contributed by atoms with van der Waals surface area (Å²) in [5.41, 5.74) is -4.08. The summed E-state index contributed by atoms with van der Waals surface area (Å²) < 4.78 is 65.0. The molecule has 0 fully saturated rings. The van der Waals surface area contributed by atoms with Crippen LogP contribution in [-0.4, -0.2) is 51.2 Å². The number of hydrogen-bond donors (Lipinski definition) is 2. The molecule has 2 N–H and O–H groups in total. The van der Waals surface area contributed by atoms with Crippen LogP contribution in [0.3, 0.4) is 0 Å². The van der Waals surface area contributed by atoms with Gasteiger partial charge in [0.25, 0.3) is 5.69 Å². The Morgan fingerprint density at radius 1 is 1.11 bits per heavy atom. The number of nitro groups is 1. The third kappa shape index (κ3) is 9.81. The Balaban J connectivity index is 0.00000705. The molecule has 244 valence electrons. The predicted molar refractivity (Wildman–Crippen MR) is 158 cm³/mol. The van der Waals surface area contributed by atoms with E-state index in [1.54, 1.807) is 20.8 Å². The molecule has 3 aromatic rings. The third-order valence-electron chi connectivity index (χ3n) is 5.94. The van der Waals surface area contributed by atoms with Gasteiger partial charge < -0.3 is 24.8 Å². The molecule has 2 aromatic carbocycles. The number of benzene rings is 2. The van der Waals surface area contributed by atoms with Crippen molar-refractivity contribution in [2.24, 2.45) is 0 Å². The van der Waals surface area contributed by atoms with Crippen LogP contribution < -0.4 is 10.1 Å². The molecular formula is C28H28Cl2F4N4O7. The molecule has 0 aliphatic heterocycles. The van der Waals surface area contributed by atoms with Gasteiger partial charge in [-0.1, -0.05) is 11.6 Å². The molecule has 17 heteroatoms. The number of carboxylic acid groups (broad SMARTS) is 1. The molecule has 1 heterocycles. The van der Waals surface area contributed by atoms with E-state index in [9.17, 15) is 42.4 Å². The van der Waals surface area contributed by atoms with Gasteiger partial charge in [0.1, 0.15) is 17.1 Å². The summed E-state index contributed by atoms with van der Waals surface area (Å²) in [6, 6.07) is 7.17. The molecular weight excluding hydrogens is 651 g/mol. The minimum atomic E-state index is -5.12. The average Bonchev–Trinajstić information content (AvgIpc) is 2.90. The first-order valence-electron chi connectivity index (χ1n) is 12.7. The summed E-state index contributed by atoms with van der Waals surface area (Å²) in [6.07, 6.45) is -6.10. The van der Waals surface area contributed by atoms with Crippen molar-refractivity contribution in [3.8, 4) is 5.88 Å². The lowest BCUT2D eigenvalue weighted by Gasteiger charge is -2.28. The number of amides is 1. The Morgan fingerprint density at radius 2 is 1.78 bits per heavy atom. The maximum absolute atomic E-state index is 14.2. The normalized spacial score (nSPS) is 11.3. The van der Waals surface area contributed by atoms with Gasteiger partial charge in [0.05, 0.1) is 35.4 Å². The predicted octanol–water partition coefficient (Wildman–Crippen LogP) is 7.65. The van der Waals surface area contributed by atoms with Crippen molar-refractivity contribution in [1.29, 1.82) is 0 Å². The summed E-state index contributed by atoms with van der Waals surface area (Å²) in [6.45, 7) is 4.36. The number of nitrogens with one attached hydrogen (secondary N) is 1. The van der Waals surface area contributed by atoms with Gasteiger partial charge in [0.2, 0.25) is 5.88 Å². The number of halogens is 6. The minimum Gasteiger partial charge on any atom is -0.481 e. The van der Waals surface area contributed by atoms with E-state index in [4.69, 9.17) is 21.1 Å². The highest BCUT2D eigenvalue weighted by atomic mass is 35.5. The lowest BCUT2D eigenvalue weighted by Crippen LogP contribution is -2.38. The zero-order valence-electron chi connectivity index (χ0n) is 24.2. The van der Waals surface area contributed by atoms with Gasteiger partial charge in [0.15, 0.2) is 0 Å². The second-order valence-electron chi connectivity index (χ2n) is 10.3. The molecule has 0 atom stereocenters. The summed E-state index contributed by atoms with van der Waals surface area (Å²) in [4.78, 5) is 41.2. The van der Waals surface area contributed by atoms with Gasteiger partial charge >= 0.3 is 18.2 Å². The molecule has 0 saturated heterocycles. The largest absolute Gasteiger partial charge is 0.481 e. The highest BCUT2D eigenvalue weighted by Crippen LogP contribution is 2.36. The molecule has 0 spiro atoms. The first-order valence-corrected chi connectivity index (χ1v) is 13.1. The molecule has 1 amide bonds. The fourth-order valence-electron chi connectivity index (χ4n) is 3.98. The highest BCUT2D eigenvalue weighted by Gasteiger charge is 2.36. The van der Waals surface area contributed by atoms with E-state index in [-0.39, 0.29) is 71.5 Å². The van der Waals surface area contributed by atoms with E-state index in [1.165, 1.54) is 37.4 Å². The Kier molecular flexibility index (Phi) is 12.0. The smallest absolute Gasteiger partial charge is 0.419 e. The first kappa shape index (κ1) is 36.8. The van der Waals surface area contributed by atoms with Crippen molar-refractivity contribution in [2.75, 3.05) is 19.0 Å². The quantitative estimate of drug-likeness (QED) is 0.125. The molecule has 0 unspecified atom stereocenters. The van der Waals surface area contributed by atoms with Crippen molar-refractivity contribution in [2.45, 2.75) is 45.5 Å². The Morgan fingerprint density at radius 3 is 2.33 bits per heavy atom. The molecule has 45 heavy (non-hydrogen) atoms. The number of aromatic carboxylic acids is 1. The number of methoxy groups -OCH3 is 1. The number of alkyl halides is 3. The fourth-order valence-corrected chi connectivity index (χ4v) is 4.17. The van der Waals surface area contributed by atoms with Crippen molar-refractivity contribution in [1.82, 2.24) is 9.88 Å². The minimum absolute atomic E-state index is 0. The molecule has 0 bridgehead atoms. The van der Waals surface area contributed by atoms with Crippen LogP contribution in [0.5, 0.6) is 5.88 Å². The van der Waals surface area contributed by atoms with Gasteiger partial charge in [-0.05, 0) is 56.7 Å². The van der Waals surface area contributed by atoms with Crippen LogP contribution in [0.4, 0.5) is 39.4 Å². The number of rotatable bonds is 10. The summed E-state index contributed by atoms with van der Waals surface area (Å²) in [5, 5.41) is 23.9. The van der Waals surface area contributed by atoms with Gasteiger partial charge in [-0.15, -0.1) is 12.4 Å². The lowest BCUT2D eigenvalue weighted by molar-refractivity contribution is -0.386. The van der Waals surface area contributed by atoms with E-state index in [1.807, 2.05) is 0 Å². The van der Waals surface area contributed by atoms with Gasteiger partial charge in [-0.25, -0.2) is 19.0 Å². The molecule has 1 aromatic heterocycles. The Labute approximate surface area is 265 Å². The SMILES string of the molecule is COc1ccc([N+](=O)[O-])c(CCN(Cc2cc(Cl)ccc2Nc2cc(C(F)(F)F)c(F)cc2C(=O)O)C(=O)OC(C)(C)C)n1.Cl. The molecule has 11 nitrogen and oxygen atoms in total. The van der Waals surface area contributed by atoms with Crippen LogP contribution in [-0.2, 0) is 23.9 Å². The van der Waals surface area contributed by atoms with Crippen LogP contribution >= 0.6 is 24.0 Å². The second-order valence-corrected chi connectivity index (χ2v) is 10.8. The lowest BCUT2D eigenvalue weighted by atomic mass is 10.1. The maximum atomic E-state index is 14.2. The first-order chi connectivity index (χ1) is 20.4. The highest BCUT2D eigenvalue weighted by molar-refractivity contribution is 6.30. The average molecular weight is 679 g/mol. The number of hydrogen-bond acceptors (Lipinski definition) is 8. The fraction of sp³-hybridized carbons (Fsp3) is 0.321. The van der Waals surface area contributed by atoms with Gasteiger partial charge in [-0.3, -0.25) is 10.1 Å². The van der Waals surface area contributed by atoms with Crippen LogP contribution in [0, 0.1) is 15.9 Å². The Hall–Kier alpha value is -4.37. The molecule has 0 aliphatic rings. The number of carbonyl (C=O) groups excluding carboxylic acids is 1. The van der Waals surface area contributed by atoms with Crippen LogP contribution in [0.15, 0.2) is 42.5 Å². The molecule has 3 rings (SSSR count). The van der Waals surface area contributed by atoms with Gasteiger partial charge in [-0.2, -0.15) is 13.2 Å². The van der Waals surface area contributed by atoms with Crippen molar-refractivity contribution in [3.63, 3.8) is 0 Å². The van der Waals surface area contributed by atoms with Gasteiger partial charge in [0, 0.05) is 35.8 Å². The topological polar surface area (TPSA) is 144 Å². The van der Waals surface area contributed by atoms with Crippen molar-refractivity contribution in [3.05, 3.63) is 85.8 Å². The molecule has 0 saturated carbocycles. The zero-order chi connectivity index (χ0) is 33.0. The van der Waals surface area contributed by atoms with Crippen LogP contribution in [0.2, 0.25) is 5.02 Å². The summed E-state index contributed by atoms with van der Waals surface area (Å²) in [7, 11) is 1.33. The van der Waals surface area contributed by atoms with E-state index in [0.29, 0.717) is 6.07 Å². The third-order valence-corrected chi connectivity index (χ3v) is 6.18. The number of carbonyl (C=O) groups is 2.